The fourth-order valence-electron chi connectivity index (χ4n) is 2.90. The summed E-state index contributed by atoms with van der Waals surface area (Å²) in [4.78, 5) is 18.0. The molecule has 7 heteroatoms. The quantitative estimate of drug-likeness (QED) is 0.814. The molecule has 2 aromatic rings. The fraction of sp³-hybridized carbons (Fsp3) is 0.444. The van der Waals surface area contributed by atoms with Gasteiger partial charge in [-0.3, -0.25) is 9.79 Å². The van der Waals surface area contributed by atoms with Gasteiger partial charge >= 0.3 is 0 Å². The first-order valence-electron chi connectivity index (χ1n) is 8.30. The van der Waals surface area contributed by atoms with Crippen LogP contribution in [-0.4, -0.2) is 16.5 Å². The molecule has 0 unspecified atom stereocenters. The van der Waals surface area contributed by atoms with Crippen LogP contribution in [0.15, 0.2) is 34.6 Å². The minimum Gasteiger partial charge on any atom is -0.352 e. The van der Waals surface area contributed by atoms with Crippen LogP contribution in [0.5, 0.6) is 0 Å². The third-order valence-electron chi connectivity index (χ3n) is 4.38. The van der Waals surface area contributed by atoms with Gasteiger partial charge in [-0.25, -0.2) is 0 Å². The number of nitrogens with zero attached hydrogens (tertiary/aromatic N) is 2. The minimum atomic E-state index is 0. The largest absolute Gasteiger partial charge is 0.352 e. The van der Waals surface area contributed by atoms with Crippen LogP contribution >= 0.6 is 35.3 Å². The zero-order valence-electron chi connectivity index (χ0n) is 14.2. The summed E-state index contributed by atoms with van der Waals surface area (Å²) in [7, 11) is 1.99. The van der Waals surface area contributed by atoms with E-state index in [-0.39, 0.29) is 18.3 Å². The number of hydrogen-bond donors (Lipinski definition) is 1. The molecule has 1 amide bonds. The van der Waals surface area contributed by atoms with Gasteiger partial charge in [-0.1, -0.05) is 36.6 Å². The second-order valence-corrected chi connectivity index (χ2v) is 7.49. The predicted molar refractivity (Wildman–Crippen MR) is 105 cm³/mol. The minimum absolute atomic E-state index is 0. The van der Waals surface area contributed by atoms with Gasteiger partial charge in [-0.2, -0.15) is 0 Å². The van der Waals surface area contributed by atoms with Crippen LogP contribution in [-0.2, 0) is 24.8 Å². The highest BCUT2D eigenvalue weighted by atomic mass is 35.5. The Morgan fingerprint density at radius 3 is 2.68 bits per heavy atom. The van der Waals surface area contributed by atoms with Crippen molar-refractivity contribution in [3.05, 3.63) is 50.7 Å². The molecule has 136 valence electrons. The Bertz CT molecular complexity index is 761. The Morgan fingerprint density at radius 1 is 1.32 bits per heavy atom. The van der Waals surface area contributed by atoms with Gasteiger partial charge in [0.1, 0.15) is 0 Å². The van der Waals surface area contributed by atoms with Crippen LogP contribution in [0.3, 0.4) is 0 Å². The molecular weight excluding hydrogens is 377 g/mol. The van der Waals surface area contributed by atoms with E-state index in [2.05, 4.69) is 5.32 Å². The number of nitrogens with one attached hydrogen (secondary N) is 1. The molecule has 1 N–H and O–H groups in total. The maximum Gasteiger partial charge on any atom is 0.226 e. The lowest BCUT2D eigenvalue weighted by Crippen LogP contribution is -2.26. The van der Waals surface area contributed by atoms with Gasteiger partial charge in [-0.15, -0.1) is 23.7 Å². The van der Waals surface area contributed by atoms with E-state index >= 15 is 0 Å². The van der Waals surface area contributed by atoms with Crippen molar-refractivity contribution in [1.29, 1.82) is 0 Å². The summed E-state index contributed by atoms with van der Waals surface area (Å²) in [5.41, 5.74) is 2.05. The standard InChI is InChI=1S/C18H22ClN3OS.ClH/c1-22-16(12-24-18(22)21-15-4-2-3-5-15)10-17(23)20-11-13-6-8-14(19)9-7-13;/h6-9,12,15H,2-5,10-11H2,1H3,(H,20,23);1H. The van der Waals surface area contributed by atoms with Gasteiger partial charge < -0.3 is 9.88 Å². The molecule has 1 aromatic carbocycles. The molecule has 3 rings (SSSR count). The summed E-state index contributed by atoms with van der Waals surface area (Å²) in [6.45, 7) is 0.517. The Hall–Kier alpha value is -1.30. The van der Waals surface area contributed by atoms with Gasteiger partial charge in [-0.05, 0) is 30.5 Å². The topological polar surface area (TPSA) is 46.4 Å². The predicted octanol–water partition coefficient (Wildman–Crippen LogP) is 3.86. The number of amides is 1. The average molecular weight is 400 g/mol. The van der Waals surface area contributed by atoms with Crippen molar-refractivity contribution < 1.29 is 4.79 Å². The van der Waals surface area contributed by atoms with Crippen molar-refractivity contribution in [2.24, 2.45) is 12.0 Å². The van der Waals surface area contributed by atoms with Gasteiger partial charge in [0, 0.05) is 29.7 Å². The third-order valence-corrected chi connectivity index (χ3v) is 5.61. The maximum absolute atomic E-state index is 12.2. The van der Waals surface area contributed by atoms with Crippen LogP contribution < -0.4 is 10.1 Å². The van der Waals surface area contributed by atoms with Gasteiger partial charge in [0.2, 0.25) is 5.91 Å². The number of rotatable bonds is 5. The van der Waals surface area contributed by atoms with E-state index in [1.165, 1.54) is 25.7 Å². The molecule has 1 aliphatic carbocycles. The van der Waals surface area contributed by atoms with Crippen molar-refractivity contribution in [3.8, 4) is 0 Å². The number of aromatic nitrogens is 1. The lowest BCUT2D eigenvalue weighted by molar-refractivity contribution is -0.120. The molecule has 1 saturated carbocycles. The zero-order valence-corrected chi connectivity index (χ0v) is 16.6. The number of carbonyl (C=O) groups is 1. The molecule has 1 aliphatic rings. The Balaban J connectivity index is 0.00000225. The molecule has 0 atom stereocenters. The van der Waals surface area contributed by atoms with E-state index < -0.39 is 0 Å². The smallest absolute Gasteiger partial charge is 0.226 e. The summed E-state index contributed by atoms with van der Waals surface area (Å²) in [5.74, 6) is 0.0192. The lowest BCUT2D eigenvalue weighted by Gasteiger charge is -2.07. The second-order valence-electron chi connectivity index (χ2n) is 6.22. The lowest BCUT2D eigenvalue weighted by atomic mass is 10.2. The maximum atomic E-state index is 12.2. The van der Waals surface area contributed by atoms with Gasteiger partial charge in [0.05, 0.1) is 12.5 Å². The molecule has 0 saturated heterocycles. The van der Waals surface area contributed by atoms with E-state index in [0.717, 1.165) is 16.1 Å². The first-order chi connectivity index (χ1) is 11.6. The van der Waals surface area contributed by atoms with Crippen molar-refractivity contribution in [1.82, 2.24) is 9.88 Å². The monoisotopic (exact) mass is 399 g/mol. The number of benzene rings is 1. The molecule has 0 aliphatic heterocycles. The zero-order chi connectivity index (χ0) is 16.9. The van der Waals surface area contributed by atoms with E-state index in [1.54, 1.807) is 11.3 Å². The van der Waals surface area contributed by atoms with Crippen LogP contribution in [0.25, 0.3) is 0 Å². The van der Waals surface area contributed by atoms with Crippen molar-refractivity contribution in [2.45, 2.75) is 44.7 Å². The van der Waals surface area contributed by atoms with E-state index in [0.29, 0.717) is 24.0 Å². The molecule has 0 radical (unpaired) electrons. The highest BCUT2D eigenvalue weighted by molar-refractivity contribution is 7.07. The highest BCUT2D eigenvalue weighted by Gasteiger charge is 2.14. The Kier molecular flexibility index (Phi) is 7.54. The second kappa shape index (κ2) is 9.41. The molecule has 1 aromatic heterocycles. The van der Waals surface area contributed by atoms with E-state index in [9.17, 15) is 4.79 Å². The van der Waals surface area contributed by atoms with E-state index in [1.807, 2.05) is 41.3 Å². The summed E-state index contributed by atoms with van der Waals surface area (Å²) < 4.78 is 2.05. The number of hydrogen-bond acceptors (Lipinski definition) is 3. The van der Waals surface area contributed by atoms with Crippen molar-refractivity contribution >= 4 is 41.3 Å². The summed E-state index contributed by atoms with van der Waals surface area (Å²) in [5, 5.41) is 5.70. The first kappa shape index (κ1) is 20.0. The average Bonchev–Trinajstić information content (AvgIpc) is 3.20. The highest BCUT2D eigenvalue weighted by Crippen LogP contribution is 2.20. The summed E-state index contributed by atoms with van der Waals surface area (Å²) in [6, 6.07) is 7.97. The fourth-order valence-corrected chi connectivity index (χ4v) is 3.99. The van der Waals surface area contributed by atoms with Crippen LogP contribution in [0, 0.1) is 0 Å². The Morgan fingerprint density at radius 2 is 2.00 bits per heavy atom. The molecule has 1 fully saturated rings. The number of thiazole rings is 1. The molecule has 25 heavy (non-hydrogen) atoms. The van der Waals surface area contributed by atoms with Gasteiger partial charge in [0.15, 0.2) is 4.80 Å². The normalized spacial score (nSPS) is 15.2. The number of halogens is 2. The van der Waals surface area contributed by atoms with Crippen molar-refractivity contribution in [3.63, 3.8) is 0 Å². The molecule has 4 nitrogen and oxygen atoms in total. The molecule has 1 heterocycles. The van der Waals surface area contributed by atoms with E-state index in [4.69, 9.17) is 16.6 Å². The van der Waals surface area contributed by atoms with Crippen LogP contribution in [0.4, 0.5) is 0 Å². The summed E-state index contributed by atoms with van der Waals surface area (Å²) >= 11 is 7.49. The first-order valence-corrected chi connectivity index (χ1v) is 9.56. The van der Waals surface area contributed by atoms with Crippen LogP contribution in [0.1, 0.15) is 36.9 Å². The molecule has 0 bridgehead atoms. The summed E-state index contributed by atoms with van der Waals surface area (Å²) in [6.07, 6.45) is 5.32. The van der Waals surface area contributed by atoms with Gasteiger partial charge in [0.25, 0.3) is 0 Å². The Labute approximate surface area is 163 Å². The molecular formula is C18H23Cl2N3OS. The molecule has 0 spiro atoms. The van der Waals surface area contributed by atoms with Crippen molar-refractivity contribution in [2.75, 3.05) is 0 Å². The number of carbonyl (C=O) groups excluding carboxylic acids is 1. The SMILES string of the molecule is Cl.Cn1c(CC(=O)NCc2ccc(Cl)cc2)csc1=NC1CCCC1. The van der Waals surface area contributed by atoms with Crippen LogP contribution in [0.2, 0.25) is 5.02 Å². The third kappa shape index (κ3) is 5.59.